The van der Waals surface area contributed by atoms with Crippen LogP contribution in [0.5, 0.6) is 0 Å². The Bertz CT molecular complexity index is 536. The van der Waals surface area contributed by atoms with Crippen LogP contribution in [0.4, 0.5) is 0 Å². The maximum Gasteiger partial charge on any atom is 0.305 e. The number of carboxylic acid groups (broad SMARTS) is 1. The molecule has 0 saturated heterocycles. The second-order valence-electron chi connectivity index (χ2n) is 3.65. The van der Waals surface area contributed by atoms with E-state index >= 15 is 0 Å². The molecule has 0 aliphatic rings. The van der Waals surface area contributed by atoms with Crippen molar-refractivity contribution in [3.05, 3.63) is 34.4 Å². The van der Waals surface area contributed by atoms with Crippen molar-refractivity contribution in [1.29, 1.82) is 0 Å². The highest BCUT2D eigenvalue weighted by molar-refractivity contribution is 9.10. The number of aromatic amines is 1. The number of hydrogen-bond acceptors (Lipinski definition) is 2. The van der Waals surface area contributed by atoms with Crippen LogP contribution in [-0.4, -0.2) is 16.1 Å². The van der Waals surface area contributed by atoms with Crippen molar-refractivity contribution in [2.45, 2.75) is 12.5 Å². The molecule has 5 heteroatoms. The minimum absolute atomic E-state index is 0.0620. The molecule has 0 aliphatic carbocycles. The fourth-order valence-corrected chi connectivity index (χ4v) is 2.08. The quantitative estimate of drug-likeness (QED) is 0.809. The summed E-state index contributed by atoms with van der Waals surface area (Å²) in [5.74, 6) is -0.888. The lowest BCUT2D eigenvalue weighted by molar-refractivity contribution is -0.137. The van der Waals surface area contributed by atoms with Crippen LogP contribution >= 0.6 is 15.9 Å². The number of nitrogens with two attached hydrogens (primary N) is 1. The number of fused-ring (bicyclic) bond motifs is 1. The lowest BCUT2D eigenvalue weighted by atomic mass is 10.0. The van der Waals surface area contributed by atoms with E-state index < -0.39 is 12.0 Å². The molecule has 4 N–H and O–H groups in total. The summed E-state index contributed by atoms with van der Waals surface area (Å²) in [6.07, 6.45) is 1.78. The molecule has 0 saturated carbocycles. The van der Waals surface area contributed by atoms with Crippen LogP contribution in [0.15, 0.2) is 28.9 Å². The number of hydrogen-bond donors (Lipinski definition) is 3. The van der Waals surface area contributed by atoms with E-state index in [0.717, 1.165) is 20.9 Å². The van der Waals surface area contributed by atoms with Crippen LogP contribution in [0, 0.1) is 0 Å². The van der Waals surface area contributed by atoms with E-state index in [1.807, 2.05) is 24.4 Å². The predicted octanol–water partition coefficient (Wildman–Crippen LogP) is 2.40. The van der Waals surface area contributed by atoms with Crippen molar-refractivity contribution in [2.75, 3.05) is 0 Å². The Morgan fingerprint density at radius 1 is 1.56 bits per heavy atom. The summed E-state index contributed by atoms with van der Waals surface area (Å²) in [5, 5.41) is 9.69. The average molecular weight is 283 g/mol. The molecule has 0 fully saturated rings. The number of aliphatic carboxylic acids is 1. The van der Waals surface area contributed by atoms with E-state index in [0.29, 0.717) is 0 Å². The van der Waals surface area contributed by atoms with Gasteiger partial charge in [0.1, 0.15) is 0 Å². The van der Waals surface area contributed by atoms with Gasteiger partial charge in [0, 0.05) is 27.6 Å². The highest BCUT2D eigenvalue weighted by atomic mass is 79.9. The first-order valence-corrected chi connectivity index (χ1v) is 5.61. The van der Waals surface area contributed by atoms with E-state index in [9.17, 15) is 4.79 Å². The van der Waals surface area contributed by atoms with Crippen molar-refractivity contribution in [3.63, 3.8) is 0 Å². The van der Waals surface area contributed by atoms with Crippen molar-refractivity contribution in [1.82, 2.24) is 4.98 Å². The summed E-state index contributed by atoms with van der Waals surface area (Å²) >= 11 is 3.41. The van der Waals surface area contributed by atoms with Gasteiger partial charge in [-0.3, -0.25) is 4.79 Å². The van der Waals surface area contributed by atoms with Gasteiger partial charge in [0.05, 0.1) is 6.42 Å². The summed E-state index contributed by atoms with van der Waals surface area (Å²) < 4.78 is 0.951. The van der Waals surface area contributed by atoms with Gasteiger partial charge in [-0.05, 0) is 33.6 Å². The van der Waals surface area contributed by atoms with Crippen molar-refractivity contribution < 1.29 is 9.90 Å². The van der Waals surface area contributed by atoms with Gasteiger partial charge in [0.15, 0.2) is 0 Å². The molecule has 4 nitrogen and oxygen atoms in total. The first kappa shape index (κ1) is 11.2. The SMILES string of the molecule is NC(CC(=O)O)c1ccc2[nH]cc(Br)c2c1. The summed E-state index contributed by atoms with van der Waals surface area (Å²) in [6, 6.07) is 5.18. The molecule has 0 radical (unpaired) electrons. The number of rotatable bonds is 3. The van der Waals surface area contributed by atoms with Crippen LogP contribution in [0.3, 0.4) is 0 Å². The van der Waals surface area contributed by atoms with Crippen LogP contribution in [0.1, 0.15) is 18.0 Å². The van der Waals surface area contributed by atoms with Gasteiger partial charge in [-0.1, -0.05) is 6.07 Å². The Labute approximate surface area is 101 Å². The molecule has 2 aromatic rings. The topological polar surface area (TPSA) is 79.1 Å². The number of benzene rings is 1. The Morgan fingerprint density at radius 2 is 2.31 bits per heavy atom. The summed E-state index contributed by atoms with van der Waals surface area (Å²) in [5.41, 5.74) is 7.63. The first-order valence-electron chi connectivity index (χ1n) is 4.82. The zero-order valence-electron chi connectivity index (χ0n) is 8.40. The highest BCUT2D eigenvalue weighted by Gasteiger charge is 2.12. The fourth-order valence-electron chi connectivity index (χ4n) is 1.64. The van der Waals surface area contributed by atoms with Crippen LogP contribution in [0.2, 0.25) is 0 Å². The van der Waals surface area contributed by atoms with Crippen LogP contribution in [-0.2, 0) is 4.79 Å². The summed E-state index contributed by atoms with van der Waals surface area (Å²) in [6.45, 7) is 0. The zero-order valence-corrected chi connectivity index (χ0v) is 9.99. The number of H-pyrrole nitrogens is 1. The third kappa shape index (κ3) is 2.10. The minimum Gasteiger partial charge on any atom is -0.481 e. The molecule has 1 atom stereocenters. The number of carboxylic acids is 1. The molecule has 1 heterocycles. The van der Waals surface area contributed by atoms with Gasteiger partial charge in [0.2, 0.25) is 0 Å². The van der Waals surface area contributed by atoms with Gasteiger partial charge in [-0.25, -0.2) is 0 Å². The van der Waals surface area contributed by atoms with Crippen molar-refractivity contribution in [2.24, 2.45) is 5.73 Å². The highest BCUT2D eigenvalue weighted by Crippen LogP contribution is 2.26. The monoisotopic (exact) mass is 282 g/mol. The lowest BCUT2D eigenvalue weighted by Crippen LogP contribution is -2.14. The van der Waals surface area contributed by atoms with E-state index in [-0.39, 0.29) is 6.42 Å². The Hall–Kier alpha value is -1.33. The number of halogens is 1. The van der Waals surface area contributed by atoms with Gasteiger partial charge in [-0.2, -0.15) is 0 Å². The van der Waals surface area contributed by atoms with Crippen molar-refractivity contribution in [3.8, 4) is 0 Å². The molecule has 0 amide bonds. The molecular weight excluding hydrogens is 272 g/mol. The first-order chi connectivity index (χ1) is 7.58. The molecular formula is C11H11BrN2O2. The van der Waals surface area contributed by atoms with Gasteiger partial charge >= 0.3 is 5.97 Å². The zero-order chi connectivity index (χ0) is 11.7. The van der Waals surface area contributed by atoms with Crippen molar-refractivity contribution >= 4 is 32.8 Å². The summed E-state index contributed by atoms with van der Waals surface area (Å²) in [4.78, 5) is 13.7. The third-order valence-electron chi connectivity index (χ3n) is 2.48. The van der Waals surface area contributed by atoms with E-state index in [1.165, 1.54) is 0 Å². The largest absolute Gasteiger partial charge is 0.481 e. The van der Waals surface area contributed by atoms with Gasteiger partial charge in [-0.15, -0.1) is 0 Å². The Kier molecular flexibility index (Phi) is 2.98. The van der Waals surface area contributed by atoms with Crippen LogP contribution < -0.4 is 5.73 Å². The number of nitrogens with one attached hydrogen (secondary N) is 1. The maximum atomic E-state index is 10.6. The van der Waals surface area contributed by atoms with E-state index in [2.05, 4.69) is 20.9 Å². The molecule has 0 bridgehead atoms. The molecule has 1 unspecified atom stereocenters. The molecule has 1 aromatic carbocycles. The fraction of sp³-hybridized carbons (Fsp3) is 0.182. The van der Waals surface area contributed by atoms with E-state index in [4.69, 9.17) is 10.8 Å². The maximum absolute atomic E-state index is 10.6. The normalized spacial score (nSPS) is 12.9. The van der Waals surface area contributed by atoms with E-state index in [1.54, 1.807) is 0 Å². The predicted molar refractivity (Wildman–Crippen MR) is 65.2 cm³/mol. The minimum atomic E-state index is -0.888. The Balaban J connectivity index is 2.38. The third-order valence-corrected chi connectivity index (χ3v) is 3.13. The molecule has 0 aliphatic heterocycles. The molecule has 1 aromatic heterocycles. The smallest absolute Gasteiger partial charge is 0.305 e. The Morgan fingerprint density at radius 3 is 3.00 bits per heavy atom. The second-order valence-corrected chi connectivity index (χ2v) is 4.50. The lowest BCUT2D eigenvalue weighted by Gasteiger charge is -2.09. The van der Waals surface area contributed by atoms with Gasteiger partial charge in [0.25, 0.3) is 0 Å². The average Bonchev–Trinajstić information content (AvgIpc) is 2.59. The van der Waals surface area contributed by atoms with Gasteiger partial charge < -0.3 is 15.8 Å². The molecule has 0 spiro atoms. The second kappa shape index (κ2) is 4.27. The summed E-state index contributed by atoms with van der Waals surface area (Å²) in [7, 11) is 0. The number of carbonyl (C=O) groups is 1. The van der Waals surface area contributed by atoms with Crippen LogP contribution in [0.25, 0.3) is 10.9 Å². The number of aromatic nitrogens is 1. The standard InChI is InChI=1S/C11H11BrN2O2/c12-8-5-14-10-2-1-6(3-7(8)10)9(13)4-11(15)16/h1-3,5,9,14H,4,13H2,(H,15,16). The molecule has 16 heavy (non-hydrogen) atoms. The molecule has 2 rings (SSSR count). The molecule has 84 valence electrons.